The maximum Gasteiger partial charge on any atom is 0.0765 e. The van der Waals surface area contributed by atoms with Gasteiger partial charge in [-0.3, -0.25) is 0 Å². The number of oxime groups is 1. The van der Waals surface area contributed by atoms with Crippen molar-refractivity contribution < 1.29 is 5.21 Å². The minimum absolute atomic E-state index is 0.557. The van der Waals surface area contributed by atoms with E-state index < -0.39 is 0 Å². The first-order valence-electron chi connectivity index (χ1n) is 4.42. The third kappa shape index (κ3) is 3.03. The van der Waals surface area contributed by atoms with E-state index in [1.54, 1.807) is 13.0 Å². The fourth-order valence-corrected chi connectivity index (χ4v) is 1.01. The monoisotopic (exact) mass is 190 g/mol. The highest BCUT2D eigenvalue weighted by Crippen LogP contribution is 2.05. The van der Waals surface area contributed by atoms with Gasteiger partial charge in [0.25, 0.3) is 0 Å². The van der Waals surface area contributed by atoms with Crippen molar-refractivity contribution in [2.45, 2.75) is 13.5 Å². The second-order valence-electron chi connectivity index (χ2n) is 3.02. The largest absolute Gasteiger partial charge is 0.411 e. The quantitative estimate of drug-likeness (QED) is 0.435. The molecule has 3 nitrogen and oxygen atoms in total. The van der Waals surface area contributed by atoms with Gasteiger partial charge >= 0.3 is 0 Å². The highest BCUT2D eigenvalue weighted by Gasteiger charge is 1.89. The molecule has 1 aromatic rings. The van der Waals surface area contributed by atoms with Gasteiger partial charge in [0.2, 0.25) is 0 Å². The van der Waals surface area contributed by atoms with Gasteiger partial charge in [-0.2, -0.15) is 0 Å². The zero-order valence-electron chi connectivity index (χ0n) is 8.14. The van der Waals surface area contributed by atoms with E-state index in [0.29, 0.717) is 12.3 Å². The first-order valence-corrected chi connectivity index (χ1v) is 4.42. The van der Waals surface area contributed by atoms with Crippen LogP contribution in [-0.2, 0) is 6.54 Å². The number of rotatable bonds is 3. The van der Waals surface area contributed by atoms with Gasteiger partial charge in [0.05, 0.1) is 5.71 Å². The molecule has 0 fully saturated rings. The lowest BCUT2D eigenvalue weighted by atomic mass is 10.1. The van der Waals surface area contributed by atoms with E-state index in [2.05, 4.69) is 5.16 Å². The van der Waals surface area contributed by atoms with Crippen molar-refractivity contribution >= 4 is 11.8 Å². The summed E-state index contributed by atoms with van der Waals surface area (Å²) < 4.78 is 0. The molecule has 1 rings (SSSR count). The second-order valence-corrected chi connectivity index (χ2v) is 3.02. The number of nitrogens with two attached hydrogens (primary N) is 1. The second kappa shape index (κ2) is 5.19. The minimum atomic E-state index is 0.557. The van der Waals surface area contributed by atoms with Crippen LogP contribution in [0.15, 0.2) is 35.5 Å². The van der Waals surface area contributed by atoms with Crippen LogP contribution in [0.2, 0.25) is 0 Å². The van der Waals surface area contributed by atoms with Crippen molar-refractivity contribution in [3.05, 3.63) is 41.5 Å². The molecule has 3 heteroatoms. The SMILES string of the molecule is CC(C=Cc1ccc(CN)cc1)=NO. The molecule has 0 saturated carbocycles. The normalized spacial score (nSPS) is 12.3. The standard InChI is InChI=1S/C11H14N2O/c1-9(13-14)2-3-10-4-6-11(8-12)7-5-10/h2-7,14H,8,12H2,1H3. The van der Waals surface area contributed by atoms with Gasteiger partial charge < -0.3 is 10.9 Å². The molecule has 1 aromatic carbocycles. The lowest BCUT2D eigenvalue weighted by Crippen LogP contribution is -1.95. The lowest BCUT2D eigenvalue weighted by molar-refractivity contribution is 0.319. The van der Waals surface area contributed by atoms with E-state index in [9.17, 15) is 0 Å². The summed E-state index contributed by atoms with van der Waals surface area (Å²) in [6, 6.07) is 7.91. The fourth-order valence-electron chi connectivity index (χ4n) is 1.01. The third-order valence-corrected chi connectivity index (χ3v) is 1.89. The van der Waals surface area contributed by atoms with Crippen molar-refractivity contribution in [3.8, 4) is 0 Å². The Morgan fingerprint density at radius 2 is 2.07 bits per heavy atom. The molecule has 0 atom stereocenters. The van der Waals surface area contributed by atoms with E-state index >= 15 is 0 Å². The molecule has 0 aromatic heterocycles. The predicted molar refractivity (Wildman–Crippen MR) is 58.3 cm³/mol. The van der Waals surface area contributed by atoms with Crippen LogP contribution in [0, 0.1) is 0 Å². The number of allylic oxidation sites excluding steroid dienone is 1. The number of benzene rings is 1. The summed E-state index contributed by atoms with van der Waals surface area (Å²) in [7, 11) is 0. The first kappa shape index (κ1) is 10.5. The Kier molecular flexibility index (Phi) is 3.88. The van der Waals surface area contributed by atoms with Gasteiger partial charge in [-0.15, -0.1) is 0 Å². The van der Waals surface area contributed by atoms with Crippen molar-refractivity contribution in [2.75, 3.05) is 0 Å². The fraction of sp³-hybridized carbons (Fsp3) is 0.182. The van der Waals surface area contributed by atoms with Crippen molar-refractivity contribution in [1.29, 1.82) is 0 Å². The molecule has 0 unspecified atom stereocenters. The Hall–Kier alpha value is -1.61. The number of hydrogen-bond acceptors (Lipinski definition) is 3. The zero-order valence-corrected chi connectivity index (χ0v) is 8.14. The molecule has 0 amide bonds. The summed E-state index contributed by atoms with van der Waals surface area (Å²) in [5.74, 6) is 0. The average molecular weight is 190 g/mol. The van der Waals surface area contributed by atoms with E-state index in [1.165, 1.54) is 0 Å². The summed E-state index contributed by atoms with van der Waals surface area (Å²) in [6.45, 7) is 2.28. The molecule has 0 saturated heterocycles. The summed E-state index contributed by atoms with van der Waals surface area (Å²) in [5.41, 5.74) is 8.22. The van der Waals surface area contributed by atoms with Crippen LogP contribution in [0.3, 0.4) is 0 Å². The van der Waals surface area contributed by atoms with Gasteiger partial charge in [-0.05, 0) is 24.1 Å². The van der Waals surface area contributed by atoms with Crippen molar-refractivity contribution in [3.63, 3.8) is 0 Å². The molecule has 0 radical (unpaired) electrons. The van der Waals surface area contributed by atoms with E-state index in [4.69, 9.17) is 10.9 Å². The topological polar surface area (TPSA) is 58.6 Å². The van der Waals surface area contributed by atoms with E-state index in [0.717, 1.165) is 11.1 Å². The number of nitrogens with zero attached hydrogens (tertiary/aromatic N) is 1. The molecular formula is C11H14N2O. The molecule has 0 spiro atoms. The predicted octanol–water partition coefficient (Wildman–Crippen LogP) is 2.01. The highest BCUT2D eigenvalue weighted by molar-refractivity contribution is 5.95. The van der Waals surface area contributed by atoms with Gasteiger partial charge in [0.15, 0.2) is 0 Å². The summed E-state index contributed by atoms with van der Waals surface area (Å²) >= 11 is 0. The molecule has 0 aliphatic heterocycles. The average Bonchev–Trinajstić information content (AvgIpc) is 2.26. The van der Waals surface area contributed by atoms with Crippen LogP contribution in [0.1, 0.15) is 18.1 Å². The first-order chi connectivity index (χ1) is 6.76. The molecule has 3 N–H and O–H groups in total. The number of hydrogen-bond donors (Lipinski definition) is 2. The van der Waals surface area contributed by atoms with Gasteiger partial charge in [-0.1, -0.05) is 35.5 Å². The summed E-state index contributed by atoms with van der Waals surface area (Å²) in [4.78, 5) is 0. The molecule has 0 bridgehead atoms. The molecular weight excluding hydrogens is 176 g/mol. The van der Waals surface area contributed by atoms with Crippen LogP contribution in [-0.4, -0.2) is 10.9 Å². The molecule has 0 heterocycles. The van der Waals surface area contributed by atoms with Crippen LogP contribution >= 0.6 is 0 Å². The van der Waals surface area contributed by atoms with Crippen LogP contribution in [0.25, 0.3) is 6.08 Å². The Balaban J connectivity index is 2.73. The van der Waals surface area contributed by atoms with Crippen molar-refractivity contribution in [1.82, 2.24) is 0 Å². The van der Waals surface area contributed by atoms with E-state index in [1.807, 2.05) is 30.3 Å². The van der Waals surface area contributed by atoms with Crippen LogP contribution < -0.4 is 5.73 Å². The van der Waals surface area contributed by atoms with Crippen molar-refractivity contribution in [2.24, 2.45) is 10.9 Å². The Morgan fingerprint density at radius 1 is 1.43 bits per heavy atom. The van der Waals surface area contributed by atoms with E-state index in [-0.39, 0.29) is 0 Å². The zero-order chi connectivity index (χ0) is 10.4. The molecule has 14 heavy (non-hydrogen) atoms. The molecule has 0 aliphatic carbocycles. The van der Waals surface area contributed by atoms with Gasteiger partial charge in [0, 0.05) is 6.54 Å². The smallest absolute Gasteiger partial charge is 0.0765 e. The maximum absolute atomic E-state index is 8.42. The van der Waals surface area contributed by atoms with Gasteiger partial charge in [-0.25, -0.2) is 0 Å². The van der Waals surface area contributed by atoms with Gasteiger partial charge in [0.1, 0.15) is 0 Å². The Morgan fingerprint density at radius 3 is 2.57 bits per heavy atom. The minimum Gasteiger partial charge on any atom is -0.411 e. The lowest BCUT2D eigenvalue weighted by Gasteiger charge is -1.96. The summed E-state index contributed by atoms with van der Waals surface area (Å²) in [6.07, 6.45) is 3.63. The maximum atomic E-state index is 8.42. The third-order valence-electron chi connectivity index (χ3n) is 1.89. The Labute approximate surface area is 83.5 Å². The molecule has 0 aliphatic rings. The van der Waals surface area contributed by atoms with Crippen LogP contribution in [0.5, 0.6) is 0 Å². The highest BCUT2D eigenvalue weighted by atomic mass is 16.4. The molecule has 74 valence electrons. The Bertz CT molecular complexity index is 339. The summed E-state index contributed by atoms with van der Waals surface area (Å²) in [5, 5.41) is 11.5. The van der Waals surface area contributed by atoms with Crippen LogP contribution in [0.4, 0.5) is 0 Å².